The highest BCUT2D eigenvalue weighted by atomic mass is 32.2. The van der Waals surface area contributed by atoms with Crippen LogP contribution in [0.15, 0.2) is 28.5 Å². The van der Waals surface area contributed by atoms with E-state index in [0.717, 1.165) is 40.4 Å². The van der Waals surface area contributed by atoms with E-state index in [1.807, 2.05) is 17.5 Å². The largest absolute Gasteiger partial charge is 0.458 e. The van der Waals surface area contributed by atoms with E-state index >= 15 is 0 Å². The number of amides is 3. The summed E-state index contributed by atoms with van der Waals surface area (Å²) in [6, 6.07) is 5.03. The molecule has 204 valence electrons. The van der Waals surface area contributed by atoms with Gasteiger partial charge < -0.3 is 9.64 Å². The second kappa shape index (κ2) is 9.73. The molecule has 1 atom stereocenters. The molecule has 2 aromatic rings. The molecule has 8 nitrogen and oxygen atoms in total. The molecular formula is C29H31N3O5S2. The molecule has 10 heteroatoms. The molecule has 3 heterocycles. The summed E-state index contributed by atoms with van der Waals surface area (Å²) in [5.41, 5.74) is 2.18. The number of thioether (sulfide) groups is 1. The summed E-state index contributed by atoms with van der Waals surface area (Å²) in [6.07, 6.45) is 7.49. The maximum absolute atomic E-state index is 13.2. The van der Waals surface area contributed by atoms with Crippen LogP contribution in [-0.4, -0.2) is 39.6 Å². The maximum Gasteiger partial charge on any atom is 0.312 e. The van der Waals surface area contributed by atoms with Crippen LogP contribution in [0.25, 0.3) is 0 Å². The number of carbonyl (C=O) groups excluding carboxylic acids is 4. The van der Waals surface area contributed by atoms with Crippen LogP contribution in [-0.2, 0) is 38.0 Å². The molecule has 5 fully saturated rings. The van der Waals surface area contributed by atoms with Gasteiger partial charge in [-0.1, -0.05) is 6.07 Å². The lowest BCUT2D eigenvalue weighted by Crippen LogP contribution is -2.52. The van der Waals surface area contributed by atoms with Crippen molar-refractivity contribution in [2.75, 3.05) is 0 Å². The number of aromatic nitrogens is 1. The molecule has 4 bridgehead atoms. The van der Waals surface area contributed by atoms with Gasteiger partial charge in [0.1, 0.15) is 17.7 Å². The number of piperidine rings is 1. The predicted molar refractivity (Wildman–Crippen MR) is 145 cm³/mol. The second-order valence-corrected chi connectivity index (χ2v) is 13.9. The molecule has 1 aromatic carbocycles. The molecule has 6 aliphatic rings. The third kappa shape index (κ3) is 4.59. The van der Waals surface area contributed by atoms with Gasteiger partial charge in [0.05, 0.1) is 11.1 Å². The fourth-order valence-corrected chi connectivity index (χ4v) is 9.75. The number of rotatable bonds is 7. The first kappa shape index (κ1) is 25.3. The van der Waals surface area contributed by atoms with Crippen LogP contribution in [0.4, 0.5) is 0 Å². The van der Waals surface area contributed by atoms with Gasteiger partial charge in [0.25, 0.3) is 5.91 Å². The minimum Gasteiger partial charge on any atom is -0.458 e. The number of thiazole rings is 1. The Morgan fingerprint density at radius 3 is 2.59 bits per heavy atom. The average molecular weight is 566 g/mol. The van der Waals surface area contributed by atoms with Gasteiger partial charge in [-0.3, -0.25) is 24.5 Å². The zero-order chi connectivity index (χ0) is 26.7. The Labute approximate surface area is 235 Å². The molecule has 39 heavy (non-hydrogen) atoms. The molecule has 2 aliphatic heterocycles. The Kier molecular flexibility index (Phi) is 6.30. The van der Waals surface area contributed by atoms with E-state index in [2.05, 4.69) is 5.32 Å². The molecule has 1 aromatic heterocycles. The Morgan fingerprint density at radius 2 is 1.87 bits per heavy atom. The first-order valence-corrected chi connectivity index (χ1v) is 15.7. The van der Waals surface area contributed by atoms with Gasteiger partial charge >= 0.3 is 5.97 Å². The van der Waals surface area contributed by atoms with Crippen molar-refractivity contribution in [1.29, 1.82) is 0 Å². The maximum atomic E-state index is 13.2. The van der Waals surface area contributed by atoms with Crippen LogP contribution >= 0.6 is 23.1 Å². The molecule has 0 spiro atoms. The average Bonchev–Trinajstić information content (AvgIpc) is 3.50. The Morgan fingerprint density at radius 1 is 1.13 bits per heavy atom. The van der Waals surface area contributed by atoms with Crippen molar-refractivity contribution in [2.24, 2.45) is 23.2 Å². The zero-order valence-corrected chi connectivity index (χ0v) is 23.3. The Hall–Kier alpha value is -2.72. The SMILES string of the molecule is O=C1CCC(N2Cc3c(SCc4csc(COC(=O)C56CC7CC(CC(C7)C5)C6)n4)cccc3C2=O)C(=O)N1. The minimum absolute atomic E-state index is 0.0159. The lowest BCUT2D eigenvalue weighted by atomic mass is 9.49. The number of imide groups is 1. The molecule has 3 amide bonds. The van der Waals surface area contributed by atoms with Crippen molar-refractivity contribution in [3.8, 4) is 0 Å². The number of hydrogen-bond acceptors (Lipinski definition) is 8. The second-order valence-electron chi connectivity index (χ2n) is 12.0. The highest BCUT2D eigenvalue weighted by Crippen LogP contribution is 2.60. The predicted octanol–water partition coefficient (Wildman–Crippen LogP) is 4.46. The highest BCUT2D eigenvalue weighted by Gasteiger charge is 2.55. The quantitative estimate of drug-likeness (QED) is 0.300. The number of ether oxygens (including phenoxy) is 1. The lowest BCUT2D eigenvalue weighted by Gasteiger charge is -2.55. The van der Waals surface area contributed by atoms with E-state index in [4.69, 9.17) is 9.72 Å². The summed E-state index contributed by atoms with van der Waals surface area (Å²) in [7, 11) is 0. The van der Waals surface area contributed by atoms with Crippen molar-refractivity contribution in [1.82, 2.24) is 15.2 Å². The molecule has 1 unspecified atom stereocenters. The number of fused-ring (bicyclic) bond motifs is 1. The van der Waals surface area contributed by atoms with Gasteiger partial charge in [0.15, 0.2) is 0 Å². The van der Waals surface area contributed by atoms with E-state index in [-0.39, 0.29) is 36.2 Å². The van der Waals surface area contributed by atoms with E-state index in [1.165, 1.54) is 30.6 Å². The van der Waals surface area contributed by atoms with Crippen LogP contribution in [0.5, 0.6) is 0 Å². The fraction of sp³-hybridized carbons (Fsp3) is 0.552. The van der Waals surface area contributed by atoms with Crippen LogP contribution in [0.2, 0.25) is 0 Å². The van der Waals surface area contributed by atoms with Crippen LogP contribution < -0.4 is 5.32 Å². The number of hydrogen-bond donors (Lipinski definition) is 1. The van der Waals surface area contributed by atoms with Gasteiger partial charge in [0.2, 0.25) is 11.8 Å². The summed E-state index contributed by atoms with van der Waals surface area (Å²) < 4.78 is 5.85. The molecule has 1 saturated heterocycles. The number of esters is 1. The number of carbonyl (C=O) groups is 4. The highest BCUT2D eigenvalue weighted by molar-refractivity contribution is 7.98. The molecule has 0 radical (unpaired) electrons. The first-order valence-electron chi connectivity index (χ1n) is 13.9. The van der Waals surface area contributed by atoms with Crippen molar-refractivity contribution in [3.63, 3.8) is 0 Å². The molecule has 4 saturated carbocycles. The number of nitrogens with zero attached hydrogens (tertiary/aromatic N) is 2. The van der Waals surface area contributed by atoms with Crippen molar-refractivity contribution in [2.45, 2.75) is 81.2 Å². The van der Waals surface area contributed by atoms with Gasteiger partial charge in [-0.2, -0.15) is 0 Å². The third-order valence-electron chi connectivity index (χ3n) is 9.31. The van der Waals surface area contributed by atoms with Crippen molar-refractivity contribution >= 4 is 46.8 Å². The topological polar surface area (TPSA) is 106 Å². The Balaban J connectivity index is 0.966. The van der Waals surface area contributed by atoms with Crippen LogP contribution in [0.3, 0.4) is 0 Å². The van der Waals surface area contributed by atoms with E-state index in [9.17, 15) is 19.2 Å². The summed E-state index contributed by atoms with van der Waals surface area (Å²) >= 11 is 3.12. The van der Waals surface area contributed by atoms with Crippen LogP contribution in [0, 0.1) is 23.2 Å². The zero-order valence-electron chi connectivity index (χ0n) is 21.6. The standard InChI is InChI=1S/C29H31N3O5S2/c33-24-5-4-22(26(34)31-24)32-12-21-20(27(32)35)2-1-3-23(21)38-14-19-15-39-25(30-19)13-37-28(36)29-9-16-6-17(10-29)8-18(7-16)11-29/h1-3,15-18,22H,4-14H2,(H,31,33,34). The minimum atomic E-state index is -0.623. The van der Waals surface area contributed by atoms with Crippen molar-refractivity contribution in [3.05, 3.63) is 45.4 Å². The normalized spacial score (nSPS) is 31.0. The molecular weight excluding hydrogens is 534 g/mol. The lowest BCUT2D eigenvalue weighted by molar-refractivity contribution is -0.173. The van der Waals surface area contributed by atoms with Crippen molar-refractivity contribution < 1.29 is 23.9 Å². The van der Waals surface area contributed by atoms with E-state index < -0.39 is 11.9 Å². The van der Waals surface area contributed by atoms with Crippen LogP contribution in [0.1, 0.15) is 78.0 Å². The summed E-state index contributed by atoms with van der Waals surface area (Å²) in [5.74, 6) is 1.87. The molecule has 8 rings (SSSR count). The summed E-state index contributed by atoms with van der Waals surface area (Å²) in [6.45, 7) is 0.582. The Bertz CT molecular complexity index is 1340. The summed E-state index contributed by atoms with van der Waals surface area (Å²) in [5, 5.41) is 5.16. The first-order chi connectivity index (χ1) is 18.9. The third-order valence-corrected chi connectivity index (χ3v) is 11.3. The molecule has 4 aliphatic carbocycles. The van der Waals surface area contributed by atoms with Gasteiger partial charge in [0, 0.05) is 34.6 Å². The van der Waals surface area contributed by atoms with Gasteiger partial charge in [-0.25, -0.2) is 4.98 Å². The van der Waals surface area contributed by atoms with E-state index in [0.29, 0.717) is 42.0 Å². The molecule has 1 N–H and O–H groups in total. The van der Waals surface area contributed by atoms with Gasteiger partial charge in [-0.05, 0) is 80.4 Å². The van der Waals surface area contributed by atoms with Gasteiger partial charge in [-0.15, -0.1) is 23.1 Å². The smallest absolute Gasteiger partial charge is 0.312 e. The summed E-state index contributed by atoms with van der Waals surface area (Å²) in [4.78, 5) is 57.5. The number of benzene rings is 1. The monoisotopic (exact) mass is 565 g/mol. The number of nitrogens with one attached hydrogen (secondary N) is 1. The van der Waals surface area contributed by atoms with E-state index in [1.54, 1.807) is 22.7 Å². The fourth-order valence-electron chi connectivity index (χ4n) is 7.97.